The number of piperidine rings is 1. The number of rotatable bonds is 7. The molecule has 246 valence electrons. The maximum Gasteiger partial charge on any atom is 0.410 e. The van der Waals surface area contributed by atoms with Crippen LogP contribution in [-0.4, -0.2) is 56.4 Å². The number of benzene rings is 3. The maximum absolute atomic E-state index is 13.3. The summed E-state index contributed by atoms with van der Waals surface area (Å²) >= 11 is 0. The van der Waals surface area contributed by atoms with Gasteiger partial charge < -0.3 is 20.3 Å². The third kappa shape index (κ3) is 7.38. The number of fused-ring (bicyclic) bond motifs is 1. The number of likely N-dealkylation sites (tertiary alicyclic amines) is 1. The highest BCUT2D eigenvalue weighted by atomic mass is 16.6. The van der Waals surface area contributed by atoms with Crippen LogP contribution in [0.15, 0.2) is 95.9 Å². The summed E-state index contributed by atoms with van der Waals surface area (Å²) in [6.45, 7) is 8.92. The molecule has 0 bridgehead atoms. The molecule has 10 nitrogen and oxygen atoms in total. The fraction of sp³-hybridized carbons (Fsp3) is 0.289. The van der Waals surface area contributed by atoms with E-state index in [9.17, 15) is 14.4 Å². The Morgan fingerprint density at radius 2 is 1.58 bits per heavy atom. The Bertz CT molecular complexity index is 2020. The summed E-state index contributed by atoms with van der Waals surface area (Å²) in [6.07, 6.45) is 2.75. The van der Waals surface area contributed by atoms with Crippen molar-refractivity contribution in [1.82, 2.24) is 25.0 Å². The molecule has 3 heterocycles. The number of nitrogens with one attached hydrogen (secondary N) is 2. The fourth-order valence-electron chi connectivity index (χ4n) is 5.84. The monoisotopic (exact) mass is 644 g/mol. The van der Waals surface area contributed by atoms with E-state index in [4.69, 9.17) is 4.74 Å². The van der Waals surface area contributed by atoms with Crippen molar-refractivity contribution >= 4 is 34.3 Å². The maximum atomic E-state index is 13.3. The molecule has 1 fully saturated rings. The van der Waals surface area contributed by atoms with Crippen LogP contribution in [0.1, 0.15) is 50.9 Å². The summed E-state index contributed by atoms with van der Waals surface area (Å²) in [5.74, 6) is -0.153. The van der Waals surface area contributed by atoms with Crippen molar-refractivity contribution < 1.29 is 14.3 Å². The number of carbonyl (C=O) groups excluding carboxylic acids is 2. The fourth-order valence-corrected chi connectivity index (χ4v) is 5.84. The molecule has 0 saturated carbocycles. The highest BCUT2D eigenvalue weighted by Crippen LogP contribution is 2.29. The van der Waals surface area contributed by atoms with Crippen molar-refractivity contribution in [3.8, 4) is 22.4 Å². The molecule has 10 heteroatoms. The molecule has 0 spiro atoms. The van der Waals surface area contributed by atoms with E-state index in [2.05, 4.69) is 20.7 Å². The van der Waals surface area contributed by atoms with Gasteiger partial charge >= 0.3 is 6.09 Å². The number of anilines is 2. The van der Waals surface area contributed by atoms with Gasteiger partial charge in [-0.1, -0.05) is 36.4 Å². The zero-order valence-electron chi connectivity index (χ0n) is 27.7. The second-order valence-electron chi connectivity index (χ2n) is 12.9. The SMILES string of the molecule is CCn1nc(-c2cccc(-c3cccc(C(=O)NC4CCN(C(=O)OC(C)(C)C)CC4)c3)c2)cc(Nc2cccc3ncccc23)c1=O. The van der Waals surface area contributed by atoms with Gasteiger partial charge in [-0.2, -0.15) is 5.10 Å². The topological polar surface area (TPSA) is 118 Å². The molecule has 2 amide bonds. The Hall–Kier alpha value is -5.51. The van der Waals surface area contributed by atoms with E-state index in [1.165, 1.54) is 4.68 Å². The van der Waals surface area contributed by atoms with Crippen LogP contribution >= 0.6 is 0 Å². The van der Waals surface area contributed by atoms with Gasteiger partial charge in [-0.05, 0) is 100 Å². The average molecular weight is 645 g/mol. The van der Waals surface area contributed by atoms with Gasteiger partial charge in [0.25, 0.3) is 11.5 Å². The summed E-state index contributed by atoms with van der Waals surface area (Å²) < 4.78 is 6.95. The zero-order chi connectivity index (χ0) is 33.8. The number of hydrogen-bond acceptors (Lipinski definition) is 7. The molecule has 1 saturated heterocycles. The predicted octanol–water partition coefficient (Wildman–Crippen LogP) is 7.02. The number of aromatic nitrogens is 3. The van der Waals surface area contributed by atoms with Gasteiger partial charge in [-0.25, -0.2) is 9.48 Å². The van der Waals surface area contributed by atoms with E-state index in [1.807, 2.05) is 100 Å². The molecular formula is C38H40N6O4. The number of aryl methyl sites for hydroxylation is 1. The molecule has 0 atom stereocenters. The molecule has 6 rings (SSSR count). The van der Waals surface area contributed by atoms with Crippen LogP contribution < -0.4 is 16.2 Å². The quantitative estimate of drug-likeness (QED) is 0.196. The van der Waals surface area contributed by atoms with Crippen LogP contribution in [0.3, 0.4) is 0 Å². The lowest BCUT2D eigenvalue weighted by Gasteiger charge is -2.33. The van der Waals surface area contributed by atoms with Crippen molar-refractivity contribution in [2.45, 2.75) is 58.7 Å². The van der Waals surface area contributed by atoms with Gasteiger partial charge in [0.15, 0.2) is 0 Å². The van der Waals surface area contributed by atoms with Gasteiger partial charge in [0.2, 0.25) is 0 Å². The number of carbonyl (C=O) groups is 2. The largest absolute Gasteiger partial charge is 0.444 e. The second-order valence-corrected chi connectivity index (χ2v) is 12.9. The summed E-state index contributed by atoms with van der Waals surface area (Å²) in [7, 11) is 0. The van der Waals surface area contributed by atoms with Gasteiger partial charge in [0.05, 0.1) is 11.2 Å². The standard InChI is InChI=1S/C38H40N6O4/c1-5-44-36(46)34(41-32-16-8-15-31-30(32)14-9-19-39-31)24-33(42-44)27-12-6-10-25(22-27)26-11-7-13-28(23-26)35(45)40-29-17-20-43(21-18-29)37(47)48-38(2,3)4/h6-16,19,22-24,29,41H,5,17-18,20-21H2,1-4H3,(H,40,45). The van der Waals surface area contributed by atoms with E-state index in [1.54, 1.807) is 23.2 Å². The van der Waals surface area contributed by atoms with Crippen LogP contribution in [-0.2, 0) is 11.3 Å². The van der Waals surface area contributed by atoms with Crippen molar-refractivity contribution in [2.75, 3.05) is 18.4 Å². The number of ether oxygens (including phenoxy) is 1. The molecule has 5 aromatic rings. The lowest BCUT2D eigenvalue weighted by Crippen LogP contribution is -2.47. The number of pyridine rings is 1. The number of hydrogen-bond donors (Lipinski definition) is 2. The molecule has 1 aliphatic heterocycles. The predicted molar refractivity (Wildman–Crippen MR) is 188 cm³/mol. The second kappa shape index (κ2) is 13.7. The lowest BCUT2D eigenvalue weighted by molar-refractivity contribution is 0.0199. The highest BCUT2D eigenvalue weighted by Gasteiger charge is 2.27. The minimum atomic E-state index is -0.543. The Balaban J connectivity index is 1.19. The molecule has 3 aromatic carbocycles. The number of nitrogens with zero attached hydrogens (tertiary/aromatic N) is 4. The van der Waals surface area contributed by atoms with Crippen LogP contribution in [0, 0.1) is 0 Å². The van der Waals surface area contributed by atoms with Crippen LogP contribution in [0.4, 0.5) is 16.2 Å². The van der Waals surface area contributed by atoms with E-state index >= 15 is 0 Å². The van der Waals surface area contributed by atoms with Crippen molar-refractivity contribution in [3.05, 3.63) is 107 Å². The van der Waals surface area contributed by atoms with Crippen molar-refractivity contribution in [3.63, 3.8) is 0 Å². The van der Waals surface area contributed by atoms with Gasteiger partial charge in [0.1, 0.15) is 11.3 Å². The number of amides is 2. The summed E-state index contributed by atoms with van der Waals surface area (Å²) in [5.41, 5.74) is 5.11. The molecule has 0 unspecified atom stereocenters. The Morgan fingerprint density at radius 1 is 0.875 bits per heavy atom. The van der Waals surface area contributed by atoms with Gasteiger partial charge in [-0.3, -0.25) is 14.6 Å². The third-order valence-electron chi connectivity index (χ3n) is 8.29. The minimum Gasteiger partial charge on any atom is -0.444 e. The average Bonchev–Trinajstić information content (AvgIpc) is 3.09. The molecule has 2 aromatic heterocycles. The van der Waals surface area contributed by atoms with Crippen LogP contribution in [0.25, 0.3) is 33.3 Å². The molecule has 48 heavy (non-hydrogen) atoms. The highest BCUT2D eigenvalue weighted by molar-refractivity contribution is 5.96. The summed E-state index contributed by atoms with van der Waals surface area (Å²) in [6, 6.07) is 26.8. The van der Waals surface area contributed by atoms with E-state index in [0.717, 1.165) is 33.3 Å². The molecule has 2 N–H and O–H groups in total. The smallest absolute Gasteiger partial charge is 0.410 e. The van der Waals surface area contributed by atoms with Crippen LogP contribution in [0.5, 0.6) is 0 Å². The molecule has 1 aliphatic rings. The normalized spacial score (nSPS) is 13.7. The Labute approximate surface area is 279 Å². The first-order valence-corrected chi connectivity index (χ1v) is 16.3. The Kier molecular flexibility index (Phi) is 9.25. The summed E-state index contributed by atoms with van der Waals surface area (Å²) in [5, 5.41) is 12.1. The first-order valence-electron chi connectivity index (χ1n) is 16.3. The van der Waals surface area contributed by atoms with Crippen LogP contribution in [0.2, 0.25) is 0 Å². The van der Waals surface area contributed by atoms with E-state index in [0.29, 0.717) is 49.4 Å². The third-order valence-corrected chi connectivity index (χ3v) is 8.29. The molecule has 0 radical (unpaired) electrons. The van der Waals surface area contributed by atoms with E-state index < -0.39 is 5.60 Å². The van der Waals surface area contributed by atoms with Crippen molar-refractivity contribution in [2.24, 2.45) is 0 Å². The zero-order valence-corrected chi connectivity index (χ0v) is 27.7. The lowest BCUT2D eigenvalue weighted by atomic mass is 9.99. The molecular weight excluding hydrogens is 604 g/mol. The Morgan fingerprint density at radius 3 is 2.33 bits per heavy atom. The first kappa shape index (κ1) is 32.4. The van der Waals surface area contributed by atoms with Gasteiger partial charge in [-0.15, -0.1) is 0 Å². The summed E-state index contributed by atoms with van der Waals surface area (Å²) in [4.78, 5) is 45.2. The first-order chi connectivity index (χ1) is 23.1. The van der Waals surface area contributed by atoms with E-state index in [-0.39, 0.29) is 23.6 Å². The molecule has 0 aliphatic carbocycles. The van der Waals surface area contributed by atoms with Gasteiger partial charge in [0, 0.05) is 54.1 Å². The minimum absolute atomic E-state index is 0.0311. The van der Waals surface area contributed by atoms with Crippen molar-refractivity contribution in [1.29, 1.82) is 0 Å².